The van der Waals surface area contributed by atoms with Crippen LogP contribution in [0.2, 0.25) is 0 Å². The first-order valence-electron chi connectivity index (χ1n) is 7.43. The summed E-state index contributed by atoms with van der Waals surface area (Å²) in [6.07, 6.45) is 2.15. The van der Waals surface area contributed by atoms with Gasteiger partial charge < -0.3 is 5.32 Å². The van der Waals surface area contributed by atoms with Gasteiger partial charge in [-0.05, 0) is 43.5 Å². The predicted octanol–water partition coefficient (Wildman–Crippen LogP) is 5.77. The van der Waals surface area contributed by atoms with E-state index in [1.807, 2.05) is 57.2 Å². The van der Waals surface area contributed by atoms with E-state index in [1.54, 1.807) is 6.20 Å². The standard InChI is InChI=1S/C18H20Br2N2O/c1-18(2,3)16(23)10-15(12-7-5-4-6-8-12)22-17-14(20)9-13(19)11-21-17/h4-9,11,15H,10H2,1-3H3,(H,21,22). The molecular weight excluding hydrogens is 420 g/mol. The Morgan fingerprint density at radius 3 is 2.43 bits per heavy atom. The van der Waals surface area contributed by atoms with Gasteiger partial charge in [-0.15, -0.1) is 0 Å². The summed E-state index contributed by atoms with van der Waals surface area (Å²) in [6.45, 7) is 5.85. The number of hydrogen-bond donors (Lipinski definition) is 1. The van der Waals surface area contributed by atoms with E-state index < -0.39 is 0 Å². The third kappa shape index (κ3) is 5.15. The molecule has 0 bridgehead atoms. The summed E-state index contributed by atoms with van der Waals surface area (Å²) in [5, 5.41) is 3.39. The van der Waals surface area contributed by atoms with Crippen LogP contribution < -0.4 is 5.32 Å². The second-order valence-corrected chi connectivity index (χ2v) is 8.24. The molecule has 2 rings (SSSR count). The molecule has 122 valence electrons. The first kappa shape index (κ1) is 18.1. The molecule has 0 aliphatic heterocycles. The van der Waals surface area contributed by atoms with Crippen LogP contribution in [0.15, 0.2) is 51.5 Å². The molecule has 0 saturated carbocycles. The van der Waals surface area contributed by atoms with Gasteiger partial charge in [0.05, 0.1) is 10.5 Å². The van der Waals surface area contributed by atoms with Gasteiger partial charge >= 0.3 is 0 Å². The largest absolute Gasteiger partial charge is 0.362 e. The number of pyridine rings is 1. The van der Waals surface area contributed by atoms with E-state index >= 15 is 0 Å². The summed E-state index contributed by atoms with van der Waals surface area (Å²) in [5.74, 6) is 0.941. The average Bonchev–Trinajstić information content (AvgIpc) is 2.49. The zero-order chi connectivity index (χ0) is 17.0. The smallest absolute Gasteiger partial charge is 0.140 e. The van der Waals surface area contributed by atoms with Crippen molar-refractivity contribution in [3.05, 3.63) is 57.1 Å². The molecule has 1 aromatic carbocycles. The predicted molar refractivity (Wildman–Crippen MR) is 102 cm³/mol. The van der Waals surface area contributed by atoms with Crippen LogP contribution in [0.3, 0.4) is 0 Å². The molecule has 1 N–H and O–H groups in total. The van der Waals surface area contributed by atoms with Gasteiger partial charge in [-0.3, -0.25) is 4.79 Å². The second-order valence-electron chi connectivity index (χ2n) is 6.47. The van der Waals surface area contributed by atoms with E-state index in [0.29, 0.717) is 6.42 Å². The van der Waals surface area contributed by atoms with Gasteiger partial charge in [0.1, 0.15) is 11.6 Å². The summed E-state index contributed by atoms with van der Waals surface area (Å²) >= 11 is 6.91. The number of Topliss-reactive ketones (excluding diaryl/α,β-unsaturated/α-hetero) is 1. The Hall–Kier alpha value is -1.20. The Morgan fingerprint density at radius 2 is 1.87 bits per heavy atom. The highest BCUT2D eigenvalue weighted by Gasteiger charge is 2.26. The normalized spacial score (nSPS) is 12.7. The minimum absolute atomic E-state index is 0.118. The van der Waals surface area contributed by atoms with Crippen molar-refractivity contribution < 1.29 is 4.79 Å². The Balaban J connectivity index is 2.28. The fourth-order valence-corrected chi connectivity index (χ4v) is 3.22. The van der Waals surface area contributed by atoms with Crippen molar-refractivity contribution in [2.24, 2.45) is 5.41 Å². The van der Waals surface area contributed by atoms with Crippen molar-refractivity contribution in [3.8, 4) is 0 Å². The molecule has 0 aliphatic rings. The summed E-state index contributed by atoms with van der Waals surface area (Å²) in [6, 6.07) is 11.8. The number of rotatable bonds is 5. The van der Waals surface area contributed by atoms with Gasteiger partial charge in [0.2, 0.25) is 0 Å². The van der Waals surface area contributed by atoms with Gasteiger partial charge in [-0.25, -0.2) is 4.98 Å². The quantitative estimate of drug-likeness (QED) is 0.643. The van der Waals surface area contributed by atoms with Crippen LogP contribution in [0.5, 0.6) is 0 Å². The monoisotopic (exact) mass is 438 g/mol. The second kappa shape index (κ2) is 7.58. The van der Waals surface area contributed by atoms with Crippen molar-refractivity contribution in [3.63, 3.8) is 0 Å². The van der Waals surface area contributed by atoms with Crippen molar-refractivity contribution in [1.29, 1.82) is 0 Å². The molecule has 1 atom stereocenters. The maximum Gasteiger partial charge on any atom is 0.140 e. The molecule has 1 heterocycles. The molecule has 0 amide bonds. The number of anilines is 1. The molecule has 0 saturated heterocycles. The Bertz CT molecular complexity index is 681. The molecule has 23 heavy (non-hydrogen) atoms. The number of nitrogens with one attached hydrogen (secondary N) is 1. The van der Waals surface area contributed by atoms with Crippen LogP contribution in [-0.4, -0.2) is 10.8 Å². The SMILES string of the molecule is CC(C)(C)C(=O)CC(Nc1ncc(Br)cc1Br)c1ccccc1. The van der Waals surface area contributed by atoms with Crippen LogP contribution >= 0.6 is 31.9 Å². The van der Waals surface area contributed by atoms with Gasteiger partial charge in [0, 0.05) is 22.5 Å². The molecule has 0 aliphatic carbocycles. The van der Waals surface area contributed by atoms with E-state index in [9.17, 15) is 4.79 Å². The number of ketones is 1. The fourth-order valence-electron chi connectivity index (χ4n) is 2.11. The summed E-state index contributed by atoms with van der Waals surface area (Å²) in [4.78, 5) is 16.9. The lowest BCUT2D eigenvalue weighted by Crippen LogP contribution is -2.25. The maximum atomic E-state index is 12.5. The number of aromatic nitrogens is 1. The summed E-state index contributed by atoms with van der Waals surface area (Å²) < 4.78 is 1.76. The highest BCUT2D eigenvalue weighted by atomic mass is 79.9. The molecule has 0 radical (unpaired) electrons. The number of hydrogen-bond acceptors (Lipinski definition) is 3. The first-order chi connectivity index (χ1) is 10.8. The lowest BCUT2D eigenvalue weighted by Gasteiger charge is -2.24. The van der Waals surface area contributed by atoms with Gasteiger partial charge in [0.15, 0.2) is 0 Å². The number of halogens is 2. The summed E-state index contributed by atoms with van der Waals surface area (Å²) in [7, 11) is 0. The zero-order valence-electron chi connectivity index (χ0n) is 13.4. The van der Waals surface area contributed by atoms with Crippen LogP contribution in [0.4, 0.5) is 5.82 Å². The third-order valence-electron chi connectivity index (χ3n) is 3.55. The van der Waals surface area contributed by atoms with Gasteiger partial charge in [-0.2, -0.15) is 0 Å². The third-order valence-corrected chi connectivity index (χ3v) is 4.58. The molecule has 0 spiro atoms. The highest BCUT2D eigenvalue weighted by molar-refractivity contribution is 9.11. The van der Waals surface area contributed by atoms with E-state index in [1.165, 1.54) is 0 Å². The first-order valence-corrected chi connectivity index (χ1v) is 9.02. The average molecular weight is 440 g/mol. The van der Waals surface area contributed by atoms with Crippen molar-refractivity contribution in [2.75, 3.05) is 5.32 Å². The van der Waals surface area contributed by atoms with Crippen LogP contribution in [0.1, 0.15) is 38.8 Å². The van der Waals surface area contributed by atoms with E-state index in [2.05, 4.69) is 42.2 Å². The van der Waals surface area contributed by atoms with Crippen molar-refractivity contribution in [1.82, 2.24) is 4.98 Å². The topological polar surface area (TPSA) is 42.0 Å². The molecular formula is C18H20Br2N2O. The van der Waals surface area contributed by atoms with E-state index in [0.717, 1.165) is 20.3 Å². The number of carbonyl (C=O) groups is 1. The van der Waals surface area contributed by atoms with Gasteiger partial charge in [0.25, 0.3) is 0 Å². The highest BCUT2D eigenvalue weighted by Crippen LogP contribution is 2.30. The van der Waals surface area contributed by atoms with Crippen LogP contribution in [0.25, 0.3) is 0 Å². The molecule has 3 nitrogen and oxygen atoms in total. The summed E-state index contributed by atoms with van der Waals surface area (Å²) in [5.41, 5.74) is 0.709. The molecule has 0 fully saturated rings. The molecule has 2 aromatic rings. The molecule has 1 unspecified atom stereocenters. The van der Waals surface area contributed by atoms with E-state index in [-0.39, 0.29) is 17.2 Å². The van der Waals surface area contributed by atoms with Crippen molar-refractivity contribution >= 4 is 43.5 Å². The minimum Gasteiger partial charge on any atom is -0.362 e. The number of nitrogens with zero attached hydrogens (tertiary/aromatic N) is 1. The Morgan fingerprint density at radius 1 is 1.22 bits per heavy atom. The van der Waals surface area contributed by atoms with Crippen LogP contribution in [0, 0.1) is 5.41 Å². The number of carbonyl (C=O) groups excluding carboxylic acids is 1. The van der Waals surface area contributed by atoms with Crippen molar-refractivity contribution in [2.45, 2.75) is 33.2 Å². The fraction of sp³-hybridized carbons (Fsp3) is 0.333. The Kier molecular flexibility index (Phi) is 5.98. The maximum absolute atomic E-state index is 12.5. The molecule has 1 aromatic heterocycles. The number of benzene rings is 1. The van der Waals surface area contributed by atoms with Gasteiger partial charge in [-0.1, -0.05) is 51.1 Å². The lowest BCUT2D eigenvalue weighted by molar-refractivity contribution is -0.126. The van der Waals surface area contributed by atoms with E-state index in [4.69, 9.17) is 0 Å². The molecule has 5 heteroatoms. The Labute approximate surface area is 154 Å². The zero-order valence-corrected chi connectivity index (χ0v) is 16.6. The lowest BCUT2D eigenvalue weighted by atomic mass is 9.85. The van der Waals surface area contributed by atoms with Crippen LogP contribution in [-0.2, 0) is 4.79 Å². The minimum atomic E-state index is -0.362.